The van der Waals surface area contributed by atoms with Gasteiger partial charge >= 0.3 is 6.41 Å². The zero-order valence-corrected chi connectivity index (χ0v) is 6.91. The summed E-state index contributed by atoms with van der Waals surface area (Å²) in [5.41, 5.74) is 0. The summed E-state index contributed by atoms with van der Waals surface area (Å²) >= 11 is 2.17. The minimum Gasteiger partial charge on any atom is -0.332 e. The standard InChI is InChI=1S/C5H7NO2S2/c7-4-6-1-2-9-5(3-6)10-8/h5H,1-3H2. The fraction of sp³-hybridized carbons (Fsp3) is 0.800. The van der Waals surface area contributed by atoms with Crippen LogP contribution in [0.15, 0.2) is 0 Å². The van der Waals surface area contributed by atoms with E-state index in [4.69, 9.17) is 0 Å². The summed E-state index contributed by atoms with van der Waals surface area (Å²) in [7, 11) is 0. The van der Waals surface area contributed by atoms with Crippen LogP contribution >= 0.6 is 23.8 Å². The van der Waals surface area contributed by atoms with Crippen LogP contribution in [-0.4, -0.2) is 34.7 Å². The highest BCUT2D eigenvalue weighted by Gasteiger charge is 2.19. The van der Waals surface area contributed by atoms with E-state index in [1.807, 2.05) is 0 Å². The molecule has 1 unspecified atom stereocenters. The van der Waals surface area contributed by atoms with Crippen molar-refractivity contribution in [2.45, 2.75) is 4.58 Å². The van der Waals surface area contributed by atoms with Gasteiger partial charge in [0.2, 0.25) is 0 Å². The minimum absolute atomic E-state index is 0.00944. The number of rotatable bonds is 2. The molecule has 0 aromatic heterocycles. The van der Waals surface area contributed by atoms with E-state index in [-0.39, 0.29) is 4.58 Å². The quantitative estimate of drug-likeness (QED) is 0.577. The van der Waals surface area contributed by atoms with Crippen molar-refractivity contribution in [2.24, 2.45) is 0 Å². The number of thioether (sulfide) groups is 1. The van der Waals surface area contributed by atoms with Gasteiger partial charge in [0, 0.05) is 30.9 Å². The van der Waals surface area contributed by atoms with Crippen LogP contribution in [-0.2, 0) is 9.35 Å². The van der Waals surface area contributed by atoms with E-state index < -0.39 is 0 Å². The summed E-state index contributed by atoms with van der Waals surface area (Å²) in [6.07, 6.45) is 1.79. The van der Waals surface area contributed by atoms with Crippen molar-refractivity contribution >= 4 is 30.2 Å². The van der Waals surface area contributed by atoms with Gasteiger partial charge in [-0.25, -0.2) is 0 Å². The third kappa shape index (κ3) is 2.07. The first-order chi connectivity index (χ1) is 4.86. The molecule has 0 saturated carbocycles. The van der Waals surface area contributed by atoms with Crippen LogP contribution in [0.5, 0.6) is 0 Å². The first-order valence-corrected chi connectivity index (χ1v) is 4.75. The van der Waals surface area contributed by atoms with Crippen molar-refractivity contribution in [1.29, 1.82) is 0 Å². The maximum absolute atomic E-state index is 10.3. The molecule has 5 heteroatoms. The number of carbonyl (C=O) groups excluding carboxylic acids is 1. The Hall–Kier alpha value is 0.130. The van der Waals surface area contributed by atoms with E-state index in [0.29, 0.717) is 18.6 Å². The molecular weight excluding hydrogens is 170 g/mol. The summed E-state index contributed by atoms with van der Waals surface area (Å²) in [6, 6.07) is 0. The maximum atomic E-state index is 10.3. The second-order valence-electron chi connectivity index (χ2n) is 1.93. The zero-order chi connectivity index (χ0) is 7.40. The number of amides is 1. The number of hydrogen-bond acceptors (Lipinski definition) is 3. The van der Waals surface area contributed by atoms with E-state index in [2.05, 4.69) is 0 Å². The summed E-state index contributed by atoms with van der Waals surface area (Å²) in [5, 5.41) is 0. The van der Waals surface area contributed by atoms with Crippen molar-refractivity contribution in [3.63, 3.8) is 0 Å². The Morgan fingerprint density at radius 2 is 2.50 bits per heavy atom. The molecule has 2 radical (unpaired) electrons. The summed E-state index contributed by atoms with van der Waals surface area (Å²) in [4.78, 5) is 11.6. The van der Waals surface area contributed by atoms with Gasteiger partial charge in [-0.05, 0) is 0 Å². The molecule has 56 valence electrons. The van der Waals surface area contributed by atoms with Crippen molar-refractivity contribution in [2.75, 3.05) is 18.8 Å². The average molecular weight is 177 g/mol. The van der Waals surface area contributed by atoms with Crippen molar-refractivity contribution in [3.8, 4) is 0 Å². The van der Waals surface area contributed by atoms with E-state index in [1.54, 1.807) is 18.2 Å². The lowest BCUT2D eigenvalue weighted by atomic mass is 10.5. The largest absolute Gasteiger partial charge is 0.332 e. The molecule has 1 fully saturated rings. The van der Waals surface area contributed by atoms with Gasteiger partial charge in [-0.1, -0.05) is 0 Å². The molecular formula is C5H7NO2S2. The third-order valence-electron chi connectivity index (χ3n) is 1.27. The van der Waals surface area contributed by atoms with E-state index >= 15 is 0 Å². The van der Waals surface area contributed by atoms with Crippen molar-refractivity contribution in [3.05, 3.63) is 0 Å². The number of nitrogens with zero attached hydrogens (tertiary/aromatic N) is 1. The molecule has 3 nitrogen and oxygen atoms in total. The molecule has 1 rings (SSSR count). The van der Waals surface area contributed by atoms with Crippen molar-refractivity contribution in [1.82, 2.24) is 4.90 Å². The highest BCUT2D eigenvalue weighted by molar-refractivity contribution is 8.14. The normalized spacial score (nSPS) is 26.5. The molecule has 1 aliphatic rings. The second-order valence-corrected chi connectivity index (χ2v) is 4.30. The predicted octanol–water partition coefficient (Wildman–Crippen LogP) is 0.507. The van der Waals surface area contributed by atoms with Gasteiger partial charge < -0.3 is 4.90 Å². The molecule has 1 aliphatic heterocycles. The molecule has 0 aromatic rings. The average Bonchev–Trinajstić information content (AvgIpc) is 2.05. The van der Waals surface area contributed by atoms with E-state index in [1.165, 1.54) is 4.90 Å². The van der Waals surface area contributed by atoms with E-state index in [9.17, 15) is 9.35 Å². The molecule has 0 spiro atoms. The maximum Gasteiger partial charge on any atom is 0.312 e. The zero-order valence-electron chi connectivity index (χ0n) is 5.28. The second kappa shape index (κ2) is 4.10. The molecule has 1 saturated heterocycles. The lowest BCUT2D eigenvalue weighted by molar-refractivity contribution is 0.400. The van der Waals surface area contributed by atoms with Crippen LogP contribution in [0.1, 0.15) is 0 Å². The first-order valence-electron chi connectivity index (χ1n) is 2.90. The van der Waals surface area contributed by atoms with Crippen LogP contribution in [0.2, 0.25) is 0 Å². The van der Waals surface area contributed by atoms with Crippen LogP contribution in [0.25, 0.3) is 0 Å². The van der Waals surface area contributed by atoms with Crippen LogP contribution in [0.4, 0.5) is 0 Å². The molecule has 1 atom stereocenters. The Balaban J connectivity index is 2.31. The summed E-state index contributed by atoms with van der Waals surface area (Å²) < 4.78 is 10.3. The van der Waals surface area contributed by atoms with Gasteiger partial charge in [0.15, 0.2) is 0 Å². The fourth-order valence-electron chi connectivity index (χ4n) is 0.759. The third-order valence-corrected chi connectivity index (χ3v) is 3.22. The van der Waals surface area contributed by atoms with Gasteiger partial charge in [-0.15, -0.1) is 16.3 Å². The Morgan fingerprint density at radius 3 is 3.10 bits per heavy atom. The Bertz CT molecular complexity index is 122. The molecule has 0 aromatic carbocycles. The van der Waals surface area contributed by atoms with Crippen LogP contribution < -0.4 is 0 Å². The predicted molar refractivity (Wildman–Crippen MR) is 41.8 cm³/mol. The van der Waals surface area contributed by atoms with Gasteiger partial charge in [-0.2, -0.15) is 0 Å². The fourth-order valence-corrected chi connectivity index (χ4v) is 2.39. The van der Waals surface area contributed by atoms with Crippen LogP contribution in [0, 0.1) is 0 Å². The first kappa shape index (κ1) is 8.23. The molecule has 0 bridgehead atoms. The highest BCUT2D eigenvalue weighted by atomic mass is 32.2. The summed E-state index contributed by atoms with van der Waals surface area (Å²) in [6.45, 7) is 1.27. The molecule has 0 aliphatic carbocycles. The minimum atomic E-state index is 0.00944. The topological polar surface area (TPSA) is 40.2 Å². The Labute approximate surface area is 68.4 Å². The smallest absolute Gasteiger partial charge is 0.312 e. The van der Waals surface area contributed by atoms with Gasteiger partial charge in [0.1, 0.15) is 0 Å². The lowest BCUT2D eigenvalue weighted by Crippen LogP contribution is -2.35. The van der Waals surface area contributed by atoms with Gasteiger partial charge in [-0.3, -0.25) is 4.79 Å². The van der Waals surface area contributed by atoms with Gasteiger partial charge in [0.25, 0.3) is 0 Å². The Morgan fingerprint density at radius 1 is 1.70 bits per heavy atom. The highest BCUT2D eigenvalue weighted by Crippen LogP contribution is 2.25. The molecule has 1 heterocycles. The van der Waals surface area contributed by atoms with Crippen LogP contribution in [0.3, 0.4) is 0 Å². The molecule has 1 amide bonds. The molecule has 10 heavy (non-hydrogen) atoms. The monoisotopic (exact) mass is 177 g/mol. The molecule has 0 N–H and O–H groups in total. The SMILES string of the molecule is [O]SC1CN([C]=O)CCS1. The van der Waals surface area contributed by atoms with Crippen molar-refractivity contribution < 1.29 is 9.35 Å². The van der Waals surface area contributed by atoms with Gasteiger partial charge in [0.05, 0.1) is 4.58 Å². The Kier molecular flexibility index (Phi) is 3.37. The lowest BCUT2D eigenvalue weighted by Gasteiger charge is -2.25. The summed E-state index contributed by atoms with van der Waals surface area (Å²) in [5.74, 6) is 0.856. The number of hydrogen-bond donors (Lipinski definition) is 0. The van der Waals surface area contributed by atoms with E-state index in [0.717, 1.165) is 12.3 Å².